The summed E-state index contributed by atoms with van der Waals surface area (Å²) in [7, 11) is 1.56. The normalized spacial score (nSPS) is 10.3. The number of ketones is 1. The Bertz CT molecular complexity index is 1120. The van der Waals surface area contributed by atoms with Gasteiger partial charge in [-0.3, -0.25) is 9.59 Å². The molecule has 0 bridgehead atoms. The van der Waals surface area contributed by atoms with Gasteiger partial charge in [0, 0.05) is 5.56 Å². The Hall–Kier alpha value is -3.35. The Morgan fingerprint density at radius 2 is 1.41 bits per heavy atom. The second kappa shape index (κ2) is 10.8. The van der Waals surface area contributed by atoms with Crippen molar-refractivity contribution in [3.05, 3.63) is 93.5 Å². The Balaban J connectivity index is 1.51. The van der Waals surface area contributed by atoms with E-state index in [1.165, 1.54) is 42.5 Å². The summed E-state index contributed by atoms with van der Waals surface area (Å²) in [5.74, 6) is -0.584. The highest BCUT2D eigenvalue weighted by Crippen LogP contribution is 2.23. The number of halogens is 2. The first-order chi connectivity index (χ1) is 15.4. The quantitative estimate of drug-likeness (QED) is 0.255. The van der Waals surface area contributed by atoms with Crippen molar-refractivity contribution in [2.45, 2.75) is 6.42 Å². The number of hydrogen-bond acceptors (Lipinski definition) is 6. The first-order valence-corrected chi connectivity index (χ1v) is 10.2. The van der Waals surface area contributed by atoms with Crippen LogP contribution >= 0.6 is 23.2 Å². The van der Waals surface area contributed by atoms with Crippen molar-refractivity contribution < 1.29 is 28.6 Å². The minimum atomic E-state index is -0.616. The number of methoxy groups -OCH3 is 1. The van der Waals surface area contributed by atoms with Crippen molar-refractivity contribution in [2.24, 2.45) is 0 Å². The van der Waals surface area contributed by atoms with Crippen molar-refractivity contribution in [2.75, 3.05) is 13.7 Å². The van der Waals surface area contributed by atoms with Gasteiger partial charge in [-0.25, -0.2) is 4.79 Å². The summed E-state index contributed by atoms with van der Waals surface area (Å²) in [4.78, 5) is 36.5. The molecule has 8 heteroatoms. The monoisotopic (exact) mass is 472 g/mol. The van der Waals surface area contributed by atoms with E-state index in [9.17, 15) is 14.4 Å². The molecule has 0 saturated heterocycles. The topological polar surface area (TPSA) is 78.9 Å². The first-order valence-electron chi connectivity index (χ1n) is 9.45. The molecule has 0 amide bonds. The minimum Gasteiger partial charge on any atom is -0.497 e. The van der Waals surface area contributed by atoms with Gasteiger partial charge in [0.15, 0.2) is 12.4 Å². The molecule has 3 rings (SSSR count). The summed E-state index contributed by atoms with van der Waals surface area (Å²) in [6.07, 6.45) is 0.0425. The van der Waals surface area contributed by atoms with E-state index >= 15 is 0 Å². The molecule has 0 aromatic heterocycles. The molecular weight excluding hydrogens is 455 g/mol. The van der Waals surface area contributed by atoms with Crippen molar-refractivity contribution in [3.63, 3.8) is 0 Å². The molecule has 0 saturated carbocycles. The fourth-order valence-corrected chi connectivity index (χ4v) is 2.99. The van der Waals surface area contributed by atoms with Crippen molar-refractivity contribution in [1.29, 1.82) is 0 Å². The lowest BCUT2D eigenvalue weighted by molar-refractivity contribution is -0.141. The van der Waals surface area contributed by atoms with E-state index in [-0.39, 0.29) is 28.5 Å². The van der Waals surface area contributed by atoms with Crippen LogP contribution in [0.3, 0.4) is 0 Å². The maximum atomic E-state index is 12.3. The van der Waals surface area contributed by atoms with E-state index in [0.717, 1.165) is 5.56 Å². The fraction of sp³-hybridized carbons (Fsp3) is 0.125. The molecule has 0 spiro atoms. The van der Waals surface area contributed by atoms with E-state index in [1.807, 2.05) is 0 Å². The highest BCUT2D eigenvalue weighted by Gasteiger charge is 2.13. The van der Waals surface area contributed by atoms with Crippen LogP contribution in [0.4, 0.5) is 0 Å². The summed E-state index contributed by atoms with van der Waals surface area (Å²) in [6.45, 7) is -0.391. The van der Waals surface area contributed by atoms with E-state index in [2.05, 4.69) is 0 Å². The highest BCUT2D eigenvalue weighted by atomic mass is 35.5. The molecule has 0 heterocycles. The Morgan fingerprint density at radius 3 is 2.03 bits per heavy atom. The molecule has 32 heavy (non-hydrogen) atoms. The molecule has 164 valence electrons. The molecule has 3 aromatic carbocycles. The summed E-state index contributed by atoms with van der Waals surface area (Å²) in [5, 5.41) is 0.569. The van der Waals surface area contributed by atoms with Gasteiger partial charge in [0.25, 0.3) is 0 Å². The maximum Gasteiger partial charge on any atom is 0.343 e. The molecule has 0 aliphatic heterocycles. The average Bonchev–Trinajstić information content (AvgIpc) is 2.80. The van der Waals surface area contributed by atoms with Gasteiger partial charge in [-0.05, 0) is 60.2 Å². The van der Waals surface area contributed by atoms with Crippen LogP contribution in [0.2, 0.25) is 10.0 Å². The van der Waals surface area contributed by atoms with Crippen LogP contribution < -0.4 is 9.47 Å². The smallest absolute Gasteiger partial charge is 0.343 e. The second-order valence-electron chi connectivity index (χ2n) is 6.65. The SMILES string of the molecule is COc1ccc(CC(=O)OCC(=O)c2ccc(OC(=O)c3ccc(Cl)c(Cl)c3)cc2)cc1. The van der Waals surface area contributed by atoms with Gasteiger partial charge < -0.3 is 14.2 Å². The number of esters is 2. The largest absolute Gasteiger partial charge is 0.497 e. The molecule has 6 nitrogen and oxygen atoms in total. The lowest BCUT2D eigenvalue weighted by Gasteiger charge is -2.07. The molecule has 0 aliphatic carbocycles. The number of carbonyl (C=O) groups is 3. The van der Waals surface area contributed by atoms with E-state index in [1.54, 1.807) is 31.4 Å². The summed E-state index contributed by atoms with van der Waals surface area (Å²) < 4.78 is 15.4. The maximum absolute atomic E-state index is 12.3. The summed E-state index contributed by atoms with van der Waals surface area (Å²) >= 11 is 11.7. The van der Waals surface area contributed by atoms with Gasteiger partial charge >= 0.3 is 11.9 Å². The zero-order chi connectivity index (χ0) is 23.1. The number of hydrogen-bond donors (Lipinski definition) is 0. The Kier molecular flexibility index (Phi) is 7.87. The lowest BCUT2D eigenvalue weighted by Crippen LogP contribution is -2.15. The van der Waals surface area contributed by atoms with Gasteiger partial charge in [-0.2, -0.15) is 0 Å². The lowest BCUT2D eigenvalue weighted by atomic mass is 10.1. The highest BCUT2D eigenvalue weighted by molar-refractivity contribution is 6.42. The van der Waals surface area contributed by atoms with Crippen molar-refractivity contribution in [3.8, 4) is 11.5 Å². The number of benzene rings is 3. The van der Waals surface area contributed by atoms with Gasteiger partial charge in [0.2, 0.25) is 0 Å². The van der Waals surface area contributed by atoms with E-state index < -0.39 is 18.5 Å². The predicted molar refractivity (Wildman–Crippen MR) is 120 cm³/mol. The zero-order valence-corrected chi connectivity index (χ0v) is 18.5. The van der Waals surface area contributed by atoms with Crippen molar-refractivity contribution in [1.82, 2.24) is 0 Å². The minimum absolute atomic E-state index is 0.0425. The Morgan fingerprint density at radius 1 is 0.781 bits per heavy atom. The molecule has 0 radical (unpaired) electrons. The van der Waals surface area contributed by atoms with E-state index in [4.69, 9.17) is 37.4 Å². The fourth-order valence-electron chi connectivity index (χ4n) is 2.69. The van der Waals surface area contributed by atoms with Gasteiger partial charge in [0.1, 0.15) is 11.5 Å². The van der Waals surface area contributed by atoms with Gasteiger partial charge in [-0.15, -0.1) is 0 Å². The molecule has 0 unspecified atom stereocenters. The van der Waals surface area contributed by atoms with Crippen LogP contribution in [0.1, 0.15) is 26.3 Å². The third-order valence-electron chi connectivity index (χ3n) is 4.41. The first kappa shape index (κ1) is 23.3. The van der Waals surface area contributed by atoms with Crippen LogP contribution in [0.15, 0.2) is 66.7 Å². The number of rotatable bonds is 8. The third kappa shape index (κ3) is 6.33. The number of carbonyl (C=O) groups excluding carboxylic acids is 3. The number of ether oxygens (including phenoxy) is 3. The molecule has 0 aliphatic rings. The molecule has 0 N–H and O–H groups in total. The van der Waals surface area contributed by atoms with Gasteiger partial charge in [0.05, 0.1) is 29.1 Å². The van der Waals surface area contributed by atoms with Crippen LogP contribution in [0.5, 0.6) is 11.5 Å². The molecule has 0 atom stereocenters. The average molecular weight is 473 g/mol. The van der Waals surface area contributed by atoms with Crippen molar-refractivity contribution >= 4 is 40.9 Å². The molecule has 0 fully saturated rings. The zero-order valence-electron chi connectivity index (χ0n) is 17.0. The van der Waals surface area contributed by atoms with Crippen LogP contribution in [0.25, 0.3) is 0 Å². The van der Waals surface area contributed by atoms with Gasteiger partial charge in [-0.1, -0.05) is 35.3 Å². The van der Waals surface area contributed by atoms with E-state index in [0.29, 0.717) is 16.3 Å². The summed E-state index contributed by atoms with van der Waals surface area (Å²) in [5.41, 5.74) is 1.30. The molecule has 3 aromatic rings. The Labute approximate surface area is 194 Å². The van der Waals surface area contributed by atoms with Crippen LogP contribution in [-0.4, -0.2) is 31.4 Å². The van der Waals surface area contributed by atoms with Crippen LogP contribution in [-0.2, 0) is 16.0 Å². The summed E-state index contributed by atoms with van der Waals surface area (Å²) in [6, 6.07) is 17.3. The molecular formula is C24H18Cl2O6. The standard InChI is InChI=1S/C24H18Cl2O6/c1-30-18-7-2-15(3-8-18)12-23(28)31-14-22(27)16-4-9-19(10-5-16)32-24(29)17-6-11-20(25)21(26)13-17/h2-11,13H,12,14H2,1H3. The third-order valence-corrected chi connectivity index (χ3v) is 5.15. The second-order valence-corrected chi connectivity index (χ2v) is 7.47. The van der Waals surface area contributed by atoms with Crippen LogP contribution in [0, 0.1) is 0 Å². The predicted octanol–water partition coefficient (Wildman–Crippen LogP) is 5.19. The number of Topliss-reactive ketones (excluding diaryl/α,β-unsaturated/α-hetero) is 1.